The molecule has 0 saturated heterocycles. The van der Waals surface area contributed by atoms with Crippen molar-refractivity contribution in [1.82, 2.24) is 0 Å². The van der Waals surface area contributed by atoms with Crippen molar-refractivity contribution < 1.29 is 18.7 Å². The van der Waals surface area contributed by atoms with Crippen LogP contribution in [0.1, 0.15) is 36.7 Å². The van der Waals surface area contributed by atoms with Crippen molar-refractivity contribution in [2.45, 2.75) is 33.0 Å². The molecule has 0 N–H and O–H groups in total. The number of ether oxygens (including phenoxy) is 2. The standard InChI is InChI=1S/C18H16Cl3FO3/c1-18(2,3)25-17(23)12-6-4-10(15(21)16(12)22)9-24-11-5-7-13(19)14(20)8-11/h4-8H,9H2,1-3H3. The highest BCUT2D eigenvalue weighted by atomic mass is 35.5. The molecule has 134 valence electrons. The van der Waals surface area contributed by atoms with Crippen LogP contribution in [0, 0.1) is 5.82 Å². The van der Waals surface area contributed by atoms with Crippen LogP contribution in [0.15, 0.2) is 30.3 Å². The predicted molar refractivity (Wildman–Crippen MR) is 97.4 cm³/mol. The normalized spacial score (nSPS) is 11.3. The van der Waals surface area contributed by atoms with E-state index in [4.69, 9.17) is 44.3 Å². The summed E-state index contributed by atoms with van der Waals surface area (Å²) >= 11 is 17.8. The Hall–Kier alpha value is -1.49. The molecular formula is C18H16Cl3FO3. The molecule has 0 spiro atoms. The maximum absolute atomic E-state index is 14.4. The van der Waals surface area contributed by atoms with E-state index in [0.717, 1.165) is 0 Å². The van der Waals surface area contributed by atoms with Crippen molar-refractivity contribution in [2.75, 3.05) is 0 Å². The molecule has 0 aliphatic heterocycles. The van der Waals surface area contributed by atoms with Crippen LogP contribution in [-0.4, -0.2) is 11.6 Å². The minimum Gasteiger partial charge on any atom is -0.489 e. The zero-order valence-corrected chi connectivity index (χ0v) is 16.1. The number of rotatable bonds is 4. The third-order valence-electron chi connectivity index (χ3n) is 3.07. The van der Waals surface area contributed by atoms with Crippen LogP contribution in [-0.2, 0) is 11.3 Å². The van der Waals surface area contributed by atoms with Gasteiger partial charge in [0.05, 0.1) is 20.6 Å². The molecule has 0 atom stereocenters. The molecule has 0 aliphatic carbocycles. The topological polar surface area (TPSA) is 35.5 Å². The second kappa shape index (κ2) is 7.81. The molecule has 0 aromatic heterocycles. The first-order valence-electron chi connectivity index (χ1n) is 7.36. The van der Waals surface area contributed by atoms with Crippen molar-refractivity contribution in [3.8, 4) is 5.75 Å². The SMILES string of the molecule is CC(C)(C)OC(=O)c1ccc(COc2ccc(Cl)c(Cl)c2)c(Cl)c1F. The number of hydrogen-bond acceptors (Lipinski definition) is 3. The highest BCUT2D eigenvalue weighted by Crippen LogP contribution is 2.29. The Morgan fingerprint density at radius 3 is 2.36 bits per heavy atom. The highest BCUT2D eigenvalue weighted by molar-refractivity contribution is 6.42. The van der Waals surface area contributed by atoms with Gasteiger partial charge in [0.25, 0.3) is 0 Å². The molecule has 0 heterocycles. The molecule has 0 bridgehead atoms. The second-order valence-electron chi connectivity index (χ2n) is 6.27. The van der Waals surface area contributed by atoms with Gasteiger partial charge in [0.2, 0.25) is 0 Å². The predicted octanol–water partition coefficient (Wildman–Crippen LogP) is 6.32. The third-order valence-corrected chi connectivity index (χ3v) is 4.21. The second-order valence-corrected chi connectivity index (χ2v) is 7.46. The summed E-state index contributed by atoms with van der Waals surface area (Å²) in [4.78, 5) is 12.0. The third kappa shape index (κ3) is 5.24. The minimum absolute atomic E-state index is 0.00229. The van der Waals surface area contributed by atoms with Gasteiger partial charge in [0, 0.05) is 11.6 Å². The van der Waals surface area contributed by atoms with Crippen LogP contribution < -0.4 is 4.74 Å². The van der Waals surface area contributed by atoms with E-state index in [1.165, 1.54) is 12.1 Å². The lowest BCUT2D eigenvalue weighted by Gasteiger charge is -2.20. The summed E-state index contributed by atoms with van der Waals surface area (Å²) in [5, 5.41) is 0.556. The molecule has 0 amide bonds. The Kier molecular flexibility index (Phi) is 6.20. The summed E-state index contributed by atoms with van der Waals surface area (Å²) in [6, 6.07) is 7.61. The van der Waals surface area contributed by atoms with Gasteiger partial charge < -0.3 is 9.47 Å². The van der Waals surface area contributed by atoms with Gasteiger partial charge >= 0.3 is 5.97 Å². The fraction of sp³-hybridized carbons (Fsp3) is 0.278. The molecule has 2 aromatic carbocycles. The van der Waals surface area contributed by atoms with Crippen molar-refractivity contribution >= 4 is 40.8 Å². The van der Waals surface area contributed by atoms with Gasteiger partial charge in [-0.05, 0) is 39.0 Å². The Balaban J connectivity index is 2.16. The summed E-state index contributed by atoms with van der Waals surface area (Å²) in [6.45, 7) is 5.10. The number of carbonyl (C=O) groups excluding carboxylic acids is 1. The van der Waals surface area contributed by atoms with Crippen molar-refractivity contribution in [1.29, 1.82) is 0 Å². The minimum atomic E-state index is -0.842. The van der Waals surface area contributed by atoms with Crippen molar-refractivity contribution in [3.05, 3.63) is 62.3 Å². The first-order valence-corrected chi connectivity index (χ1v) is 8.50. The molecule has 0 fully saturated rings. The van der Waals surface area contributed by atoms with Gasteiger partial charge in [-0.1, -0.05) is 40.9 Å². The van der Waals surface area contributed by atoms with Gasteiger partial charge in [0.1, 0.15) is 18.0 Å². The summed E-state index contributed by atoms with van der Waals surface area (Å²) in [5.41, 5.74) is -0.568. The fourth-order valence-electron chi connectivity index (χ4n) is 1.92. The van der Waals surface area contributed by atoms with E-state index >= 15 is 0 Å². The van der Waals surface area contributed by atoms with Crippen LogP contribution in [0.4, 0.5) is 4.39 Å². The first kappa shape index (κ1) is 19.8. The monoisotopic (exact) mass is 404 g/mol. The number of carbonyl (C=O) groups is 1. The van der Waals surface area contributed by atoms with E-state index in [2.05, 4.69) is 0 Å². The Morgan fingerprint density at radius 2 is 1.76 bits per heavy atom. The molecule has 0 unspecified atom stereocenters. The van der Waals surface area contributed by atoms with E-state index in [0.29, 0.717) is 21.4 Å². The van der Waals surface area contributed by atoms with E-state index in [1.54, 1.807) is 39.0 Å². The molecule has 0 saturated carbocycles. The van der Waals surface area contributed by atoms with Gasteiger partial charge in [-0.15, -0.1) is 0 Å². The zero-order chi connectivity index (χ0) is 18.8. The van der Waals surface area contributed by atoms with Gasteiger partial charge in [0.15, 0.2) is 5.82 Å². The van der Waals surface area contributed by atoms with Gasteiger partial charge in [-0.3, -0.25) is 0 Å². The van der Waals surface area contributed by atoms with E-state index in [-0.39, 0.29) is 17.2 Å². The van der Waals surface area contributed by atoms with E-state index in [9.17, 15) is 9.18 Å². The summed E-state index contributed by atoms with van der Waals surface area (Å²) in [5.74, 6) is -1.16. The van der Waals surface area contributed by atoms with E-state index < -0.39 is 17.4 Å². The van der Waals surface area contributed by atoms with Crippen LogP contribution in [0.3, 0.4) is 0 Å². The molecule has 2 aromatic rings. The average Bonchev–Trinajstić information content (AvgIpc) is 2.50. The van der Waals surface area contributed by atoms with Crippen molar-refractivity contribution in [3.63, 3.8) is 0 Å². The van der Waals surface area contributed by atoms with Crippen LogP contribution in [0.2, 0.25) is 15.1 Å². The largest absolute Gasteiger partial charge is 0.489 e. The molecule has 0 radical (unpaired) electrons. The number of halogens is 4. The zero-order valence-electron chi connectivity index (χ0n) is 13.8. The molecule has 2 rings (SSSR count). The first-order chi connectivity index (χ1) is 11.6. The Bertz CT molecular complexity index is 801. The lowest BCUT2D eigenvalue weighted by molar-refractivity contribution is 0.00646. The van der Waals surface area contributed by atoms with Crippen molar-refractivity contribution in [2.24, 2.45) is 0 Å². The fourth-order valence-corrected chi connectivity index (χ4v) is 2.43. The molecule has 3 nitrogen and oxygen atoms in total. The van der Waals surface area contributed by atoms with Crippen LogP contribution in [0.25, 0.3) is 0 Å². The Labute approximate surface area is 160 Å². The summed E-state index contributed by atoms with van der Waals surface area (Å²) in [6.07, 6.45) is 0. The van der Waals surface area contributed by atoms with Gasteiger partial charge in [-0.2, -0.15) is 0 Å². The van der Waals surface area contributed by atoms with Crippen LogP contribution in [0.5, 0.6) is 5.75 Å². The average molecular weight is 406 g/mol. The van der Waals surface area contributed by atoms with E-state index in [1.807, 2.05) is 0 Å². The van der Waals surface area contributed by atoms with Crippen LogP contribution >= 0.6 is 34.8 Å². The number of hydrogen-bond donors (Lipinski definition) is 0. The molecular weight excluding hydrogens is 390 g/mol. The maximum atomic E-state index is 14.4. The maximum Gasteiger partial charge on any atom is 0.341 e. The molecule has 0 aliphatic rings. The molecule has 7 heteroatoms. The van der Waals surface area contributed by atoms with Gasteiger partial charge in [-0.25, -0.2) is 9.18 Å². The lowest BCUT2D eigenvalue weighted by atomic mass is 10.1. The summed E-state index contributed by atoms with van der Waals surface area (Å²) < 4.78 is 25.1. The highest BCUT2D eigenvalue weighted by Gasteiger charge is 2.23. The summed E-state index contributed by atoms with van der Waals surface area (Å²) in [7, 11) is 0. The Morgan fingerprint density at radius 1 is 1.08 bits per heavy atom. The lowest BCUT2D eigenvalue weighted by Crippen LogP contribution is -2.24. The number of benzene rings is 2. The smallest absolute Gasteiger partial charge is 0.341 e. The quantitative estimate of drug-likeness (QED) is 0.558. The molecule has 25 heavy (non-hydrogen) atoms. The number of esters is 1.